The summed E-state index contributed by atoms with van der Waals surface area (Å²) in [6, 6.07) is 8.26. The van der Waals surface area contributed by atoms with E-state index < -0.39 is 0 Å². The molecule has 2 rings (SSSR count). The van der Waals surface area contributed by atoms with Crippen LogP contribution in [-0.2, 0) is 17.9 Å². The van der Waals surface area contributed by atoms with Crippen LogP contribution in [0.5, 0.6) is 0 Å². The van der Waals surface area contributed by atoms with Gasteiger partial charge in [0.15, 0.2) is 0 Å². The second-order valence-corrected chi connectivity index (χ2v) is 4.62. The van der Waals surface area contributed by atoms with Crippen molar-refractivity contribution in [3.05, 3.63) is 35.7 Å². The molecule has 0 spiro atoms. The number of hydrogen-bond donors (Lipinski definition) is 0. The van der Waals surface area contributed by atoms with E-state index in [0.29, 0.717) is 24.6 Å². The first-order chi connectivity index (χ1) is 9.33. The van der Waals surface area contributed by atoms with E-state index in [9.17, 15) is 5.11 Å². The Morgan fingerprint density at radius 1 is 1.11 bits per heavy atom. The van der Waals surface area contributed by atoms with Crippen molar-refractivity contribution in [1.29, 1.82) is 0 Å². The van der Waals surface area contributed by atoms with Gasteiger partial charge in [-0.15, -0.1) is 0 Å². The zero-order valence-electron chi connectivity index (χ0n) is 11.3. The number of aromatic nitrogens is 2. The van der Waals surface area contributed by atoms with Crippen molar-refractivity contribution in [2.24, 2.45) is 0 Å². The van der Waals surface area contributed by atoms with E-state index in [-0.39, 0.29) is 6.61 Å². The number of aryl methyl sites for hydroxylation is 2. The van der Waals surface area contributed by atoms with Crippen molar-refractivity contribution in [1.82, 2.24) is 10.1 Å². The normalized spacial score (nSPS) is 10.8. The molecular weight excluding hydrogens is 240 g/mol. The maximum Gasteiger partial charge on any atom is 0.226 e. The van der Waals surface area contributed by atoms with Crippen molar-refractivity contribution >= 4 is 0 Å². The summed E-state index contributed by atoms with van der Waals surface area (Å²) in [5.41, 5.74) is 2.30. The monoisotopic (exact) mass is 259 g/mol. The summed E-state index contributed by atoms with van der Waals surface area (Å²) in [5.74, 6) is 1.24. The number of hydrogen-bond acceptors (Lipinski definition) is 3. The lowest BCUT2D eigenvalue weighted by Crippen LogP contribution is -1.88. The van der Waals surface area contributed by atoms with Crippen LogP contribution in [0.1, 0.15) is 37.6 Å². The Labute approximate surface area is 113 Å². The topological polar surface area (TPSA) is 58.8 Å². The third-order valence-corrected chi connectivity index (χ3v) is 3.00. The lowest BCUT2D eigenvalue weighted by atomic mass is 10.1. The fourth-order valence-corrected chi connectivity index (χ4v) is 1.96. The lowest BCUT2D eigenvalue weighted by Gasteiger charge is -1.99. The molecule has 101 valence electrons. The van der Waals surface area contributed by atoms with Gasteiger partial charge in [0, 0.05) is 12.0 Å². The zero-order valence-corrected chi connectivity index (χ0v) is 11.3. The minimum atomic E-state index is -0.0418. The van der Waals surface area contributed by atoms with Gasteiger partial charge in [-0.1, -0.05) is 42.8 Å². The van der Waals surface area contributed by atoms with Crippen LogP contribution >= 0.6 is 0 Å². The molecule has 4 nitrogen and oxygen atoms in total. The molecule has 1 heterocycles. The molecule has 1 aromatic heterocycles. The van der Waals surface area contributed by atoms with Gasteiger partial charge in [0.25, 0.3) is 0 Å². The molecule has 1 radical (unpaired) electrons. The second kappa shape index (κ2) is 7.04. The van der Waals surface area contributed by atoms with Crippen LogP contribution in [-0.4, -0.2) is 16.7 Å². The molecule has 0 unspecified atom stereocenters. The average Bonchev–Trinajstić information content (AvgIpc) is 2.89. The van der Waals surface area contributed by atoms with Crippen molar-refractivity contribution in [2.75, 3.05) is 6.61 Å². The molecule has 19 heavy (non-hydrogen) atoms. The summed E-state index contributed by atoms with van der Waals surface area (Å²) in [6.45, 7) is 2.13. The summed E-state index contributed by atoms with van der Waals surface area (Å²) in [5, 5.41) is 14.3. The van der Waals surface area contributed by atoms with Gasteiger partial charge in [-0.05, 0) is 24.8 Å². The van der Waals surface area contributed by atoms with Gasteiger partial charge in [-0.3, -0.25) is 0 Å². The van der Waals surface area contributed by atoms with E-state index in [1.165, 1.54) is 5.56 Å². The maximum absolute atomic E-state index is 10.4. The molecule has 4 heteroatoms. The Balaban J connectivity index is 2.01. The highest BCUT2D eigenvalue weighted by Gasteiger charge is 2.08. The van der Waals surface area contributed by atoms with Crippen LogP contribution in [0, 0.1) is 0 Å². The molecular formula is C15H19N2O2. The molecule has 0 aliphatic carbocycles. The lowest BCUT2D eigenvalue weighted by molar-refractivity contribution is 0.186. The smallest absolute Gasteiger partial charge is 0.226 e. The quantitative estimate of drug-likeness (QED) is 0.715. The molecule has 1 aromatic carbocycles. The summed E-state index contributed by atoms with van der Waals surface area (Å²) in [7, 11) is 0. The number of rotatable bonds is 7. The Morgan fingerprint density at radius 2 is 1.89 bits per heavy atom. The SMILES string of the molecule is CCCc1ccc(-c2noc(CCCC[O])n2)cc1. The predicted molar refractivity (Wildman–Crippen MR) is 72.2 cm³/mol. The van der Waals surface area contributed by atoms with Crippen LogP contribution in [0.4, 0.5) is 0 Å². The third kappa shape index (κ3) is 3.89. The highest BCUT2D eigenvalue weighted by Crippen LogP contribution is 2.17. The standard InChI is InChI=1S/C15H19N2O2/c1-2-5-12-7-9-13(10-8-12)15-16-14(19-17-15)6-3-4-11-18/h7-10H,2-6,11H2,1H3. The van der Waals surface area contributed by atoms with Gasteiger partial charge in [-0.2, -0.15) is 4.98 Å². The molecule has 0 saturated heterocycles. The van der Waals surface area contributed by atoms with Crippen LogP contribution in [0.15, 0.2) is 28.8 Å². The van der Waals surface area contributed by atoms with Crippen LogP contribution < -0.4 is 0 Å². The number of unbranched alkanes of at least 4 members (excludes halogenated alkanes) is 1. The Bertz CT molecular complexity index is 491. The number of nitrogens with zero attached hydrogens (tertiary/aromatic N) is 2. The molecule has 0 N–H and O–H groups in total. The van der Waals surface area contributed by atoms with Crippen LogP contribution in [0.3, 0.4) is 0 Å². The molecule has 0 aliphatic rings. The first kappa shape index (κ1) is 13.7. The first-order valence-corrected chi connectivity index (χ1v) is 6.83. The van der Waals surface area contributed by atoms with E-state index in [2.05, 4.69) is 29.2 Å². The Morgan fingerprint density at radius 3 is 2.58 bits per heavy atom. The summed E-state index contributed by atoms with van der Waals surface area (Å²) >= 11 is 0. The van der Waals surface area contributed by atoms with E-state index in [1.807, 2.05) is 12.1 Å². The van der Waals surface area contributed by atoms with Crippen molar-refractivity contribution in [2.45, 2.75) is 39.0 Å². The molecule has 0 amide bonds. The van der Waals surface area contributed by atoms with Gasteiger partial charge in [0.1, 0.15) is 0 Å². The minimum absolute atomic E-state index is 0.0418. The Kier molecular flexibility index (Phi) is 5.10. The van der Waals surface area contributed by atoms with Crippen molar-refractivity contribution in [3.63, 3.8) is 0 Å². The Hall–Kier alpha value is -1.68. The molecule has 2 aromatic rings. The third-order valence-electron chi connectivity index (χ3n) is 3.00. The fraction of sp³-hybridized carbons (Fsp3) is 0.467. The maximum atomic E-state index is 10.4. The van der Waals surface area contributed by atoms with Crippen molar-refractivity contribution < 1.29 is 9.63 Å². The number of benzene rings is 1. The second-order valence-electron chi connectivity index (χ2n) is 4.62. The predicted octanol–water partition coefficient (Wildman–Crippen LogP) is 3.44. The fourth-order valence-electron chi connectivity index (χ4n) is 1.96. The highest BCUT2D eigenvalue weighted by atomic mass is 16.5. The minimum Gasteiger partial charge on any atom is -0.339 e. The molecule has 0 atom stereocenters. The van der Waals surface area contributed by atoms with E-state index >= 15 is 0 Å². The van der Waals surface area contributed by atoms with Crippen LogP contribution in [0.2, 0.25) is 0 Å². The van der Waals surface area contributed by atoms with Crippen molar-refractivity contribution in [3.8, 4) is 11.4 Å². The van der Waals surface area contributed by atoms with Crippen LogP contribution in [0.25, 0.3) is 11.4 Å². The van der Waals surface area contributed by atoms with E-state index in [1.54, 1.807) is 0 Å². The van der Waals surface area contributed by atoms with Gasteiger partial charge >= 0.3 is 0 Å². The summed E-state index contributed by atoms with van der Waals surface area (Å²) in [4.78, 5) is 4.35. The van der Waals surface area contributed by atoms with E-state index in [0.717, 1.165) is 24.8 Å². The van der Waals surface area contributed by atoms with Gasteiger partial charge < -0.3 is 4.52 Å². The zero-order chi connectivity index (χ0) is 13.5. The van der Waals surface area contributed by atoms with Gasteiger partial charge in [-0.25, -0.2) is 5.11 Å². The first-order valence-electron chi connectivity index (χ1n) is 6.83. The largest absolute Gasteiger partial charge is 0.339 e. The molecule has 0 saturated carbocycles. The summed E-state index contributed by atoms with van der Waals surface area (Å²) in [6.07, 6.45) is 4.38. The molecule has 0 aliphatic heterocycles. The molecule has 0 fully saturated rings. The van der Waals surface area contributed by atoms with Gasteiger partial charge in [0.05, 0.1) is 6.61 Å². The summed E-state index contributed by atoms with van der Waals surface area (Å²) < 4.78 is 5.18. The van der Waals surface area contributed by atoms with E-state index in [4.69, 9.17) is 4.52 Å². The average molecular weight is 259 g/mol. The highest BCUT2D eigenvalue weighted by molar-refractivity contribution is 5.54. The van der Waals surface area contributed by atoms with Gasteiger partial charge in [0.2, 0.25) is 11.7 Å². The molecule has 0 bridgehead atoms.